The first-order chi connectivity index (χ1) is 11.9. The van der Waals surface area contributed by atoms with Gasteiger partial charge in [0, 0.05) is 51.3 Å². The molecule has 152 valence electrons. The molecule has 0 amide bonds. The molecule has 2 saturated heterocycles. The van der Waals surface area contributed by atoms with Crippen LogP contribution in [0.2, 0.25) is 0 Å². The molecule has 0 aromatic heterocycles. The van der Waals surface area contributed by atoms with Crippen LogP contribution in [0.5, 0.6) is 0 Å². The molecular formula is C20H39IN4O. The predicted octanol–water partition coefficient (Wildman–Crippen LogP) is 3.09. The molecule has 4 atom stereocenters. The number of guanidine groups is 1. The smallest absolute Gasteiger partial charge is 0.191 e. The maximum Gasteiger partial charge on any atom is 0.191 e. The Bertz CT molecular complexity index is 475. The number of likely N-dealkylation sites (tertiary alicyclic amines) is 1. The fourth-order valence-electron chi connectivity index (χ4n) is 4.54. The molecule has 3 fully saturated rings. The minimum Gasteiger partial charge on any atom is -0.377 e. The van der Waals surface area contributed by atoms with E-state index in [-0.39, 0.29) is 29.4 Å². The first-order valence-corrected chi connectivity index (χ1v) is 10.2. The zero-order valence-corrected chi connectivity index (χ0v) is 19.6. The highest BCUT2D eigenvalue weighted by Crippen LogP contribution is 2.34. The Morgan fingerprint density at radius 1 is 1.19 bits per heavy atom. The summed E-state index contributed by atoms with van der Waals surface area (Å²) in [6.07, 6.45) is 5.51. The summed E-state index contributed by atoms with van der Waals surface area (Å²) in [5, 5.41) is 7.27. The molecule has 1 saturated carbocycles. The fourth-order valence-corrected chi connectivity index (χ4v) is 4.54. The molecule has 4 unspecified atom stereocenters. The molecule has 0 aromatic rings. The van der Waals surface area contributed by atoms with E-state index in [1.165, 1.54) is 32.2 Å². The third kappa shape index (κ3) is 5.71. The third-order valence-corrected chi connectivity index (χ3v) is 6.08. The Kier molecular flexibility index (Phi) is 8.04. The number of hydrogen-bond donors (Lipinski definition) is 2. The van der Waals surface area contributed by atoms with Crippen LogP contribution < -0.4 is 10.6 Å². The number of rotatable bonds is 4. The van der Waals surface area contributed by atoms with Gasteiger partial charge in [-0.15, -0.1) is 24.0 Å². The lowest BCUT2D eigenvalue weighted by Crippen LogP contribution is -2.50. The molecule has 0 aromatic carbocycles. The SMILES string of the molecule is CN=C(NCC1CCCOC1C(C)(C)C)NC1CN(C2CC2)CC1C.I. The van der Waals surface area contributed by atoms with Gasteiger partial charge in [-0.3, -0.25) is 9.89 Å². The average Bonchev–Trinajstić information content (AvgIpc) is 3.35. The minimum atomic E-state index is 0. The van der Waals surface area contributed by atoms with Gasteiger partial charge >= 0.3 is 0 Å². The molecule has 0 radical (unpaired) electrons. The van der Waals surface area contributed by atoms with Gasteiger partial charge in [-0.05, 0) is 37.0 Å². The molecule has 1 aliphatic carbocycles. The van der Waals surface area contributed by atoms with E-state index in [4.69, 9.17) is 4.74 Å². The Morgan fingerprint density at radius 2 is 1.92 bits per heavy atom. The van der Waals surface area contributed by atoms with E-state index in [9.17, 15) is 0 Å². The molecule has 5 nitrogen and oxygen atoms in total. The van der Waals surface area contributed by atoms with Crippen LogP contribution in [0.4, 0.5) is 0 Å². The van der Waals surface area contributed by atoms with Crippen LogP contribution in [0.25, 0.3) is 0 Å². The van der Waals surface area contributed by atoms with Crippen molar-refractivity contribution in [2.75, 3.05) is 33.3 Å². The number of nitrogens with one attached hydrogen (secondary N) is 2. The van der Waals surface area contributed by atoms with Gasteiger partial charge in [-0.1, -0.05) is 27.7 Å². The van der Waals surface area contributed by atoms with Crippen LogP contribution in [0.3, 0.4) is 0 Å². The summed E-state index contributed by atoms with van der Waals surface area (Å²) in [5.41, 5.74) is 0.189. The molecule has 2 aliphatic heterocycles. The summed E-state index contributed by atoms with van der Waals surface area (Å²) in [5.74, 6) is 2.18. The molecule has 6 heteroatoms. The van der Waals surface area contributed by atoms with E-state index in [1.807, 2.05) is 7.05 Å². The number of halogens is 1. The summed E-state index contributed by atoms with van der Waals surface area (Å²) in [7, 11) is 1.88. The first-order valence-electron chi connectivity index (χ1n) is 10.2. The van der Waals surface area contributed by atoms with E-state index < -0.39 is 0 Å². The highest BCUT2D eigenvalue weighted by atomic mass is 127. The number of aliphatic imine (C=N–C) groups is 1. The highest BCUT2D eigenvalue weighted by molar-refractivity contribution is 14.0. The second kappa shape index (κ2) is 9.41. The summed E-state index contributed by atoms with van der Waals surface area (Å²) >= 11 is 0. The normalized spacial score (nSPS) is 33.7. The second-order valence-corrected chi connectivity index (χ2v) is 9.43. The van der Waals surface area contributed by atoms with Crippen molar-refractivity contribution in [3.8, 4) is 0 Å². The molecule has 2 N–H and O–H groups in total. The largest absolute Gasteiger partial charge is 0.377 e. The van der Waals surface area contributed by atoms with Crippen LogP contribution >= 0.6 is 24.0 Å². The van der Waals surface area contributed by atoms with Gasteiger partial charge in [0.1, 0.15) is 0 Å². The van der Waals surface area contributed by atoms with Crippen molar-refractivity contribution in [3.05, 3.63) is 0 Å². The number of nitrogens with zero attached hydrogens (tertiary/aromatic N) is 2. The van der Waals surface area contributed by atoms with Gasteiger partial charge in [0.05, 0.1) is 6.10 Å². The molecule has 0 bridgehead atoms. The van der Waals surface area contributed by atoms with Crippen LogP contribution in [-0.4, -0.2) is 62.3 Å². The maximum absolute atomic E-state index is 6.11. The second-order valence-electron chi connectivity index (χ2n) is 9.43. The average molecular weight is 478 g/mol. The first kappa shape index (κ1) is 22.2. The summed E-state index contributed by atoms with van der Waals surface area (Å²) in [6.45, 7) is 13.4. The Balaban J connectivity index is 0.00000243. The standard InChI is InChI=1S/C20H38N4O.HI/c1-14-12-24(16-8-9-16)13-17(14)23-19(21-5)22-11-15-7-6-10-25-18(15)20(2,3)4;/h14-18H,6-13H2,1-5H3,(H2,21,22,23);1H. The van der Waals surface area contributed by atoms with Gasteiger partial charge in [-0.2, -0.15) is 0 Å². The van der Waals surface area contributed by atoms with E-state index in [0.29, 0.717) is 24.0 Å². The van der Waals surface area contributed by atoms with Crippen molar-refractivity contribution in [2.24, 2.45) is 22.2 Å². The molecule has 0 spiro atoms. The minimum absolute atomic E-state index is 0. The lowest BCUT2D eigenvalue weighted by atomic mass is 9.78. The summed E-state index contributed by atoms with van der Waals surface area (Å²) < 4.78 is 6.11. The molecule has 2 heterocycles. The van der Waals surface area contributed by atoms with E-state index in [0.717, 1.165) is 31.7 Å². The third-order valence-electron chi connectivity index (χ3n) is 6.08. The zero-order valence-electron chi connectivity index (χ0n) is 17.3. The van der Waals surface area contributed by atoms with E-state index in [1.54, 1.807) is 0 Å². The van der Waals surface area contributed by atoms with Gasteiger partial charge in [-0.25, -0.2) is 0 Å². The van der Waals surface area contributed by atoms with Crippen molar-refractivity contribution in [3.63, 3.8) is 0 Å². The lowest BCUT2D eigenvalue weighted by molar-refractivity contribution is -0.0835. The van der Waals surface area contributed by atoms with Gasteiger partial charge in [0.15, 0.2) is 5.96 Å². The van der Waals surface area contributed by atoms with Crippen molar-refractivity contribution >= 4 is 29.9 Å². The lowest BCUT2D eigenvalue weighted by Gasteiger charge is -2.40. The van der Waals surface area contributed by atoms with Crippen LogP contribution in [0.15, 0.2) is 4.99 Å². The van der Waals surface area contributed by atoms with E-state index >= 15 is 0 Å². The Morgan fingerprint density at radius 3 is 2.54 bits per heavy atom. The Labute approximate surface area is 177 Å². The van der Waals surface area contributed by atoms with Crippen molar-refractivity contribution in [1.82, 2.24) is 15.5 Å². The van der Waals surface area contributed by atoms with Crippen LogP contribution in [0.1, 0.15) is 53.4 Å². The van der Waals surface area contributed by atoms with Crippen molar-refractivity contribution in [2.45, 2.75) is 71.6 Å². The Hall–Kier alpha value is -0.0800. The van der Waals surface area contributed by atoms with Gasteiger partial charge in [0.2, 0.25) is 0 Å². The summed E-state index contributed by atoms with van der Waals surface area (Å²) in [6, 6.07) is 1.36. The number of ether oxygens (including phenoxy) is 1. The topological polar surface area (TPSA) is 48.9 Å². The van der Waals surface area contributed by atoms with Crippen molar-refractivity contribution < 1.29 is 4.74 Å². The quantitative estimate of drug-likeness (QED) is 0.371. The van der Waals surface area contributed by atoms with Crippen LogP contribution in [0, 0.1) is 17.3 Å². The number of hydrogen-bond acceptors (Lipinski definition) is 3. The molecule has 3 rings (SSSR count). The molecular weight excluding hydrogens is 439 g/mol. The van der Waals surface area contributed by atoms with Gasteiger partial charge < -0.3 is 15.4 Å². The molecule has 3 aliphatic rings. The highest BCUT2D eigenvalue weighted by Gasteiger charge is 2.39. The van der Waals surface area contributed by atoms with Crippen molar-refractivity contribution in [1.29, 1.82) is 0 Å². The molecule has 26 heavy (non-hydrogen) atoms. The zero-order chi connectivity index (χ0) is 18.0. The fraction of sp³-hybridized carbons (Fsp3) is 0.950. The maximum atomic E-state index is 6.11. The van der Waals surface area contributed by atoms with E-state index in [2.05, 4.69) is 48.2 Å². The van der Waals surface area contributed by atoms with Gasteiger partial charge in [0.25, 0.3) is 0 Å². The summed E-state index contributed by atoms with van der Waals surface area (Å²) in [4.78, 5) is 7.13. The monoisotopic (exact) mass is 478 g/mol. The van der Waals surface area contributed by atoms with Crippen LogP contribution in [-0.2, 0) is 4.74 Å². The predicted molar refractivity (Wildman–Crippen MR) is 119 cm³/mol.